The normalized spacial score (nSPS) is 11.2. The first kappa shape index (κ1) is 18.3. The second-order valence-electron chi connectivity index (χ2n) is 5.81. The Hall–Kier alpha value is -3.48. The van der Waals surface area contributed by atoms with Crippen LogP contribution in [0.4, 0.5) is 5.69 Å². The number of rotatable bonds is 7. The van der Waals surface area contributed by atoms with E-state index in [-0.39, 0.29) is 11.7 Å². The van der Waals surface area contributed by atoms with Crippen molar-refractivity contribution in [3.05, 3.63) is 78.1 Å². The maximum absolute atomic E-state index is 12.0. The summed E-state index contributed by atoms with van der Waals surface area (Å²) in [5.74, 6) is 1.67. The summed E-state index contributed by atoms with van der Waals surface area (Å²) in [6, 6.07) is 14.7. The van der Waals surface area contributed by atoms with Gasteiger partial charge in [-0.2, -0.15) is 0 Å². The van der Waals surface area contributed by atoms with Crippen LogP contribution in [0.3, 0.4) is 0 Å². The molecule has 2 heterocycles. The van der Waals surface area contributed by atoms with Gasteiger partial charge in [0.25, 0.3) is 5.91 Å². The van der Waals surface area contributed by atoms with Crippen LogP contribution in [0.25, 0.3) is 0 Å². The minimum absolute atomic E-state index is 0.271. The van der Waals surface area contributed by atoms with E-state index in [1.54, 1.807) is 25.4 Å². The lowest BCUT2D eigenvalue weighted by molar-refractivity contribution is 0.0996. The number of furan rings is 2. The van der Waals surface area contributed by atoms with Gasteiger partial charge in [-0.15, -0.1) is 0 Å². The average Bonchev–Trinajstić information content (AvgIpc) is 3.39. The maximum Gasteiger partial charge on any atom is 0.291 e. The van der Waals surface area contributed by atoms with Crippen molar-refractivity contribution in [2.45, 2.75) is 13.0 Å². The first-order valence-electron chi connectivity index (χ1n) is 8.65. The van der Waals surface area contributed by atoms with Gasteiger partial charge in [0.15, 0.2) is 11.7 Å². The smallest absolute Gasteiger partial charge is 0.291 e. The highest BCUT2D eigenvalue weighted by molar-refractivity contribution is 6.02. The van der Waals surface area contributed by atoms with Crippen LogP contribution in [0.2, 0.25) is 0 Å². The van der Waals surface area contributed by atoms with Gasteiger partial charge >= 0.3 is 0 Å². The fourth-order valence-corrected chi connectivity index (χ4v) is 2.47. The minimum atomic E-state index is -0.271. The van der Waals surface area contributed by atoms with E-state index in [1.165, 1.54) is 6.26 Å². The van der Waals surface area contributed by atoms with Crippen LogP contribution in [-0.4, -0.2) is 25.5 Å². The summed E-state index contributed by atoms with van der Waals surface area (Å²) in [6.45, 7) is 1.35. The number of guanidine groups is 1. The standard InChI is InChI=1S/C20H22N4O3/c1-21-20(22-11-10-17-4-2-12-26-17)23-14-15-6-8-16(9-7-15)24-19(25)18-5-3-13-27-18/h2-9,12-13H,10-11,14H2,1H3,(H,24,25)(H2,21,22,23). The number of carbonyl (C=O) groups excluding carboxylic acids is 1. The Morgan fingerprint density at radius 2 is 1.78 bits per heavy atom. The Bertz CT molecular complexity index is 853. The lowest BCUT2D eigenvalue weighted by Crippen LogP contribution is -2.37. The molecule has 0 bridgehead atoms. The predicted octanol–water partition coefficient (Wildman–Crippen LogP) is 3.03. The third-order valence-corrected chi connectivity index (χ3v) is 3.88. The van der Waals surface area contributed by atoms with Crippen LogP contribution in [0.1, 0.15) is 21.9 Å². The van der Waals surface area contributed by atoms with Crippen molar-refractivity contribution in [3.63, 3.8) is 0 Å². The molecule has 2 aromatic heterocycles. The molecule has 140 valence electrons. The molecule has 0 fully saturated rings. The van der Waals surface area contributed by atoms with Crippen molar-refractivity contribution in [1.82, 2.24) is 10.6 Å². The molecular weight excluding hydrogens is 344 g/mol. The zero-order valence-electron chi connectivity index (χ0n) is 15.1. The average molecular weight is 366 g/mol. The Balaban J connectivity index is 1.43. The van der Waals surface area contributed by atoms with Gasteiger partial charge in [0.2, 0.25) is 0 Å². The van der Waals surface area contributed by atoms with Crippen molar-refractivity contribution in [2.75, 3.05) is 18.9 Å². The highest BCUT2D eigenvalue weighted by atomic mass is 16.3. The molecule has 0 saturated carbocycles. The van der Waals surface area contributed by atoms with E-state index in [0.29, 0.717) is 12.2 Å². The summed E-state index contributed by atoms with van der Waals surface area (Å²) < 4.78 is 10.4. The van der Waals surface area contributed by atoms with Crippen LogP contribution in [0, 0.1) is 0 Å². The van der Waals surface area contributed by atoms with Crippen molar-refractivity contribution >= 4 is 17.6 Å². The van der Waals surface area contributed by atoms with E-state index in [2.05, 4.69) is 20.9 Å². The number of anilines is 1. The van der Waals surface area contributed by atoms with Gasteiger partial charge in [0, 0.05) is 32.2 Å². The number of nitrogens with one attached hydrogen (secondary N) is 3. The summed E-state index contributed by atoms with van der Waals surface area (Å²) >= 11 is 0. The third kappa shape index (κ3) is 5.50. The summed E-state index contributed by atoms with van der Waals surface area (Å²) in [6.07, 6.45) is 3.93. The quantitative estimate of drug-likeness (QED) is 0.442. The molecular formula is C20H22N4O3. The fraction of sp³-hybridized carbons (Fsp3) is 0.200. The van der Waals surface area contributed by atoms with E-state index >= 15 is 0 Å². The Morgan fingerprint density at radius 1 is 1.00 bits per heavy atom. The van der Waals surface area contributed by atoms with Crippen LogP contribution in [0.15, 0.2) is 74.9 Å². The van der Waals surface area contributed by atoms with Gasteiger partial charge in [0.05, 0.1) is 12.5 Å². The van der Waals surface area contributed by atoms with E-state index in [9.17, 15) is 4.79 Å². The van der Waals surface area contributed by atoms with Gasteiger partial charge in [-0.3, -0.25) is 9.79 Å². The SMILES string of the molecule is CN=C(NCCc1ccco1)NCc1ccc(NC(=O)c2ccco2)cc1. The van der Waals surface area contributed by atoms with Gasteiger partial charge in [-0.1, -0.05) is 12.1 Å². The summed E-state index contributed by atoms with van der Waals surface area (Å²) in [7, 11) is 1.73. The molecule has 0 spiro atoms. The van der Waals surface area contributed by atoms with E-state index in [4.69, 9.17) is 8.83 Å². The lowest BCUT2D eigenvalue weighted by Gasteiger charge is -2.12. The molecule has 3 aromatic rings. The molecule has 27 heavy (non-hydrogen) atoms. The molecule has 3 N–H and O–H groups in total. The maximum atomic E-state index is 12.0. The molecule has 0 aliphatic rings. The van der Waals surface area contributed by atoms with Crippen LogP contribution in [0.5, 0.6) is 0 Å². The zero-order chi connectivity index (χ0) is 18.9. The monoisotopic (exact) mass is 366 g/mol. The Morgan fingerprint density at radius 3 is 2.44 bits per heavy atom. The summed E-state index contributed by atoms with van der Waals surface area (Å²) in [4.78, 5) is 16.2. The van der Waals surface area contributed by atoms with E-state index in [1.807, 2.05) is 36.4 Å². The number of aliphatic imine (C=N–C) groups is 1. The van der Waals surface area contributed by atoms with Gasteiger partial charge in [-0.05, 0) is 42.0 Å². The third-order valence-electron chi connectivity index (χ3n) is 3.88. The molecule has 0 radical (unpaired) electrons. The molecule has 0 aliphatic heterocycles. The number of benzene rings is 1. The topological polar surface area (TPSA) is 91.8 Å². The molecule has 3 rings (SSSR count). The minimum Gasteiger partial charge on any atom is -0.469 e. The lowest BCUT2D eigenvalue weighted by atomic mass is 10.2. The highest BCUT2D eigenvalue weighted by Gasteiger charge is 2.08. The molecule has 7 nitrogen and oxygen atoms in total. The molecule has 0 aliphatic carbocycles. The molecule has 1 amide bonds. The van der Waals surface area contributed by atoms with Crippen molar-refractivity contribution < 1.29 is 13.6 Å². The van der Waals surface area contributed by atoms with Crippen LogP contribution < -0.4 is 16.0 Å². The predicted molar refractivity (Wildman–Crippen MR) is 104 cm³/mol. The summed E-state index contributed by atoms with van der Waals surface area (Å²) in [5, 5.41) is 9.29. The molecule has 7 heteroatoms. The first-order chi connectivity index (χ1) is 13.2. The fourth-order valence-electron chi connectivity index (χ4n) is 2.47. The molecule has 0 unspecified atom stereocenters. The van der Waals surface area contributed by atoms with E-state index < -0.39 is 0 Å². The first-order valence-corrected chi connectivity index (χ1v) is 8.65. The number of hydrogen-bond acceptors (Lipinski definition) is 4. The highest BCUT2D eigenvalue weighted by Crippen LogP contribution is 2.11. The number of hydrogen-bond donors (Lipinski definition) is 3. The number of carbonyl (C=O) groups is 1. The van der Waals surface area contributed by atoms with Gasteiger partial charge < -0.3 is 24.8 Å². The van der Waals surface area contributed by atoms with Crippen LogP contribution >= 0.6 is 0 Å². The molecule has 0 saturated heterocycles. The van der Waals surface area contributed by atoms with E-state index in [0.717, 1.165) is 30.2 Å². The Kier molecular flexibility index (Phi) is 6.30. The summed E-state index contributed by atoms with van der Waals surface area (Å²) in [5.41, 5.74) is 1.78. The van der Waals surface area contributed by atoms with Crippen molar-refractivity contribution in [2.24, 2.45) is 4.99 Å². The van der Waals surface area contributed by atoms with Crippen molar-refractivity contribution in [1.29, 1.82) is 0 Å². The molecule has 1 aromatic carbocycles. The number of amides is 1. The van der Waals surface area contributed by atoms with Gasteiger partial charge in [0.1, 0.15) is 5.76 Å². The zero-order valence-corrected chi connectivity index (χ0v) is 15.1. The van der Waals surface area contributed by atoms with Gasteiger partial charge in [-0.25, -0.2) is 0 Å². The second kappa shape index (κ2) is 9.28. The largest absolute Gasteiger partial charge is 0.469 e. The van der Waals surface area contributed by atoms with Crippen molar-refractivity contribution in [3.8, 4) is 0 Å². The molecule has 0 atom stereocenters. The van der Waals surface area contributed by atoms with Crippen LogP contribution in [-0.2, 0) is 13.0 Å². The number of nitrogens with zero attached hydrogens (tertiary/aromatic N) is 1. The second-order valence-corrected chi connectivity index (χ2v) is 5.81. The Labute approximate surface area is 157 Å².